The summed E-state index contributed by atoms with van der Waals surface area (Å²) < 4.78 is 0. The van der Waals surface area contributed by atoms with Gasteiger partial charge in [0.05, 0.1) is 18.4 Å². The lowest BCUT2D eigenvalue weighted by molar-refractivity contribution is -0.116. The van der Waals surface area contributed by atoms with Crippen LogP contribution in [0.1, 0.15) is 20.8 Å². The Labute approximate surface area is 194 Å². The van der Waals surface area contributed by atoms with E-state index in [0.717, 1.165) is 22.5 Å². The first-order valence-corrected chi connectivity index (χ1v) is 11.1. The molecule has 1 aliphatic rings. The van der Waals surface area contributed by atoms with Gasteiger partial charge >= 0.3 is 0 Å². The topological polar surface area (TPSA) is 111 Å². The number of hydrogen-bond donors (Lipinski definition) is 4. The van der Waals surface area contributed by atoms with Gasteiger partial charge in [-0.05, 0) is 42.6 Å². The van der Waals surface area contributed by atoms with E-state index in [1.165, 1.54) is 17.5 Å². The lowest BCUT2D eigenvalue weighted by Gasteiger charge is -2.14. The molecule has 2 amide bonds. The minimum Gasteiger partial charge on any atom is -0.354 e. The Morgan fingerprint density at radius 2 is 2.09 bits per heavy atom. The minimum atomic E-state index is -0.188. The molecule has 0 atom stereocenters. The highest BCUT2D eigenvalue weighted by Crippen LogP contribution is 2.33. The molecule has 4 N–H and O–H groups in total. The monoisotopic (exact) mass is 471 g/mol. The number of amides is 2. The molecule has 1 aliphatic heterocycles. The molecule has 0 fully saturated rings. The first-order valence-electron chi connectivity index (χ1n) is 9.82. The zero-order valence-electron chi connectivity index (χ0n) is 17.7. The van der Waals surface area contributed by atoms with E-state index in [1.54, 1.807) is 7.05 Å². The number of nitrogens with one attached hydrogen (secondary N) is 4. The molecule has 0 radical (unpaired) electrons. The lowest BCUT2D eigenvalue weighted by atomic mass is 10.1. The van der Waals surface area contributed by atoms with Gasteiger partial charge < -0.3 is 21.3 Å². The third-order valence-electron chi connectivity index (χ3n) is 4.89. The molecule has 11 heteroatoms. The van der Waals surface area contributed by atoms with Crippen LogP contribution in [0.2, 0.25) is 5.02 Å². The largest absolute Gasteiger partial charge is 0.354 e. The van der Waals surface area contributed by atoms with E-state index < -0.39 is 0 Å². The molecular weight excluding hydrogens is 450 g/mol. The molecule has 166 valence electrons. The summed E-state index contributed by atoms with van der Waals surface area (Å²) in [6, 6.07) is 5.71. The number of rotatable bonds is 5. The van der Waals surface area contributed by atoms with Gasteiger partial charge in [-0.1, -0.05) is 17.7 Å². The van der Waals surface area contributed by atoms with Crippen LogP contribution in [-0.4, -0.2) is 47.3 Å². The lowest BCUT2D eigenvalue weighted by Crippen LogP contribution is -2.26. The minimum absolute atomic E-state index is 0.0596. The Hall–Kier alpha value is -3.21. The van der Waals surface area contributed by atoms with Crippen LogP contribution in [-0.2, 0) is 11.3 Å². The third kappa shape index (κ3) is 4.67. The normalized spacial score (nSPS) is 13.7. The van der Waals surface area contributed by atoms with Gasteiger partial charge in [0.25, 0.3) is 5.91 Å². The first-order chi connectivity index (χ1) is 15.3. The zero-order chi connectivity index (χ0) is 22.8. The van der Waals surface area contributed by atoms with Gasteiger partial charge in [0.2, 0.25) is 11.9 Å². The summed E-state index contributed by atoms with van der Waals surface area (Å²) >= 11 is 7.65. The van der Waals surface area contributed by atoms with Crippen molar-refractivity contribution >= 4 is 63.6 Å². The van der Waals surface area contributed by atoms with Crippen molar-refractivity contribution in [3.05, 3.63) is 50.8 Å². The molecule has 0 spiro atoms. The summed E-state index contributed by atoms with van der Waals surface area (Å²) in [6.45, 7) is 2.92. The molecule has 1 aromatic carbocycles. The van der Waals surface area contributed by atoms with E-state index in [2.05, 4.69) is 31.2 Å². The maximum Gasteiger partial charge on any atom is 0.263 e. The van der Waals surface area contributed by atoms with E-state index in [-0.39, 0.29) is 11.8 Å². The summed E-state index contributed by atoms with van der Waals surface area (Å²) in [5.74, 6) is 0.450. The van der Waals surface area contributed by atoms with Gasteiger partial charge in [-0.2, -0.15) is 4.98 Å². The first kappa shape index (κ1) is 22.0. The van der Waals surface area contributed by atoms with Crippen LogP contribution in [0, 0.1) is 6.92 Å². The molecule has 2 aromatic heterocycles. The highest BCUT2D eigenvalue weighted by atomic mass is 35.5. The molecule has 0 aliphatic carbocycles. The van der Waals surface area contributed by atoms with Gasteiger partial charge in [-0.15, -0.1) is 11.3 Å². The zero-order valence-corrected chi connectivity index (χ0v) is 19.3. The summed E-state index contributed by atoms with van der Waals surface area (Å²) in [5, 5.41) is 14.1. The Morgan fingerprint density at radius 1 is 1.28 bits per heavy atom. The number of thiophene rings is 1. The predicted octanol–water partition coefficient (Wildman–Crippen LogP) is 3.73. The maximum atomic E-state index is 12.2. The summed E-state index contributed by atoms with van der Waals surface area (Å²) in [5.41, 5.74) is 4.06. The highest BCUT2D eigenvalue weighted by molar-refractivity contribution is 7.12. The van der Waals surface area contributed by atoms with E-state index in [1.807, 2.05) is 42.5 Å². The molecule has 4 rings (SSSR count). The maximum absolute atomic E-state index is 12.2. The van der Waals surface area contributed by atoms with Crippen LogP contribution < -0.4 is 21.3 Å². The van der Waals surface area contributed by atoms with E-state index in [0.29, 0.717) is 40.4 Å². The van der Waals surface area contributed by atoms with Crippen molar-refractivity contribution in [3.63, 3.8) is 0 Å². The van der Waals surface area contributed by atoms with Gasteiger partial charge in [0, 0.05) is 25.0 Å². The van der Waals surface area contributed by atoms with Crippen LogP contribution in [0.3, 0.4) is 0 Å². The SMILES string of the molecule is CNC(=O)c1scc(C)c1Nc1nc(Nc2ccc3c(c2)NC(=O)CN(C)C3)ncc1Cl. The molecule has 3 aromatic rings. The Bertz CT molecular complexity index is 1200. The fourth-order valence-electron chi connectivity index (χ4n) is 3.33. The Kier molecular flexibility index (Phi) is 6.26. The number of halogens is 1. The molecule has 0 saturated heterocycles. The number of anilines is 5. The van der Waals surface area contributed by atoms with Gasteiger partial charge in [0.15, 0.2) is 5.82 Å². The van der Waals surface area contributed by atoms with Crippen LogP contribution in [0.5, 0.6) is 0 Å². The number of carbonyl (C=O) groups is 2. The summed E-state index contributed by atoms with van der Waals surface area (Å²) in [7, 11) is 3.49. The second-order valence-corrected chi connectivity index (χ2v) is 8.72. The number of benzene rings is 1. The van der Waals surface area contributed by atoms with Crippen molar-refractivity contribution in [2.45, 2.75) is 13.5 Å². The smallest absolute Gasteiger partial charge is 0.263 e. The van der Waals surface area contributed by atoms with E-state index in [4.69, 9.17) is 11.6 Å². The highest BCUT2D eigenvalue weighted by Gasteiger charge is 2.19. The van der Waals surface area contributed by atoms with Gasteiger partial charge in [-0.3, -0.25) is 14.5 Å². The Morgan fingerprint density at radius 3 is 2.88 bits per heavy atom. The van der Waals surface area contributed by atoms with Crippen molar-refractivity contribution in [2.24, 2.45) is 0 Å². The molecule has 9 nitrogen and oxygen atoms in total. The number of aromatic nitrogens is 2. The average molecular weight is 472 g/mol. The van der Waals surface area contributed by atoms with Gasteiger partial charge in [0.1, 0.15) is 9.90 Å². The van der Waals surface area contributed by atoms with Gasteiger partial charge in [-0.25, -0.2) is 4.98 Å². The summed E-state index contributed by atoms with van der Waals surface area (Å²) in [4.78, 5) is 35.4. The third-order valence-corrected chi connectivity index (χ3v) is 6.26. The van der Waals surface area contributed by atoms with Crippen LogP contribution in [0.4, 0.5) is 28.8 Å². The van der Waals surface area contributed by atoms with Crippen molar-refractivity contribution < 1.29 is 9.59 Å². The van der Waals surface area contributed by atoms with Crippen LogP contribution >= 0.6 is 22.9 Å². The quantitative estimate of drug-likeness (QED) is 0.448. The van der Waals surface area contributed by atoms with E-state index in [9.17, 15) is 9.59 Å². The number of nitrogens with zero attached hydrogens (tertiary/aromatic N) is 3. The number of aryl methyl sites for hydroxylation is 1. The van der Waals surface area contributed by atoms with Crippen molar-refractivity contribution in [2.75, 3.05) is 36.6 Å². The Balaban J connectivity index is 1.59. The molecule has 3 heterocycles. The van der Waals surface area contributed by atoms with Crippen molar-refractivity contribution in [1.29, 1.82) is 0 Å². The predicted molar refractivity (Wildman–Crippen MR) is 127 cm³/mol. The van der Waals surface area contributed by atoms with Crippen LogP contribution in [0.25, 0.3) is 0 Å². The standard InChI is InChI=1S/C21H22ClN7O2S/c1-11-10-32-18(20(31)23-2)17(11)27-19-14(22)7-24-21(28-19)25-13-5-4-12-8-29(3)9-16(30)26-15(12)6-13/h4-7,10H,8-9H2,1-3H3,(H,23,31)(H,26,30)(H2,24,25,27,28). The fraction of sp³-hybridized carbons (Fsp3) is 0.238. The van der Waals surface area contributed by atoms with Crippen LogP contribution in [0.15, 0.2) is 29.8 Å². The van der Waals surface area contributed by atoms with Crippen molar-refractivity contribution in [3.8, 4) is 0 Å². The molecule has 0 saturated carbocycles. The number of fused-ring (bicyclic) bond motifs is 1. The number of hydrogen-bond acceptors (Lipinski definition) is 8. The second kappa shape index (κ2) is 9.11. The number of likely N-dealkylation sites (N-methyl/N-ethyl adjacent to an activating group) is 1. The summed E-state index contributed by atoms with van der Waals surface area (Å²) in [6.07, 6.45) is 1.49. The molecule has 0 bridgehead atoms. The van der Waals surface area contributed by atoms with Crippen molar-refractivity contribution in [1.82, 2.24) is 20.2 Å². The number of carbonyl (C=O) groups excluding carboxylic acids is 2. The van der Waals surface area contributed by atoms with E-state index >= 15 is 0 Å². The average Bonchev–Trinajstić information content (AvgIpc) is 3.04. The molecular formula is C21H22ClN7O2S. The molecule has 0 unspecified atom stereocenters. The fourth-order valence-corrected chi connectivity index (χ4v) is 4.42. The second-order valence-electron chi connectivity index (χ2n) is 7.43. The molecule has 32 heavy (non-hydrogen) atoms.